The fourth-order valence-corrected chi connectivity index (χ4v) is 3.61. The van der Waals surface area contributed by atoms with E-state index < -0.39 is 11.9 Å². The summed E-state index contributed by atoms with van der Waals surface area (Å²) in [6.45, 7) is 3.31. The van der Waals surface area contributed by atoms with Crippen molar-refractivity contribution in [2.75, 3.05) is 6.61 Å². The third-order valence-corrected chi connectivity index (χ3v) is 4.94. The third kappa shape index (κ3) is 3.80. The number of esters is 1. The molecule has 0 aliphatic heterocycles. The second kappa shape index (κ2) is 7.49. The van der Waals surface area contributed by atoms with Gasteiger partial charge in [0.25, 0.3) is 11.5 Å². The molecule has 2 aromatic heterocycles. The van der Waals surface area contributed by atoms with Crippen molar-refractivity contribution < 1.29 is 14.3 Å². The molecular weight excluding hydrogens is 354 g/mol. The zero-order valence-electron chi connectivity index (χ0n) is 14.3. The van der Waals surface area contributed by atoms with Gasteiger partial charge in [0.2, 0.25) is 0 Å². The van der Waals surface area contributed by atoms with Crippen LogP contribution in [0.5, 0.6) is 0 Å². The topological polar surface area (TPSA) is 101 Å². The number of rotatable bonds is 5. The number of aromatic amines is 1. The van der Waals surface area contributed by atoms with E-state index in [0.717, 1.165) is 16.9 Å². The molecule has 0 fully saturated rings. The van der Waals surface area contributed by atoms with Gasteiger partial charge in [-0.05, 0) is 25.0 Å². The fraction of sp³-hybridized carbons (Fsp3) is 0.222. The quantitative estimate of drug-likeness (QED) is 0.669. The number of fused-ring (bicyclic) bond motifs is 1. The fourth-order valence-electron chi connectivity index (χ4n) is 2.49. The van der Waals surface area contributed by atoms with E-state index in [-0.39, 0.29) is 17.0 Å². The van der Waals surface area contributed by atoms with Crippen molar-refractivity contribution in [2.24, 2.45) is 0 Å². The number of hydrogen-bond acceptors (Lipinski definition) is 6. The highest BCUT2D eigenvalue weighted by atomic mass is 32.1. The van der Waals surface area contributed by atoms with Gasteiger partial charge in [0.05, 0.1) is 5.39 Å². The molecule has 0 aliphatic rings. The van der Waals surface area contributed by atoms with Crippen LogP contribution < -0.4 is 10.9 Å². The summed E-state index contributed by atoms with van der Waals surface area (Å²) in [5.41, 5.74) is 1.17. The van der Waals surface area contributed by atoms with Gasteiger partial charge in [0.15, 0.2) is 6.61 Å². The minimum Gasteiger partial charge on any atom is -0.451 e. The van der Waals surface area contributed by atoms with Crippen LogP contribution in [-0.2, 0) is 16.1 Å². The number of benzene rings is 1. The highest BCUT2D eigenvalue weighted by molar-refractivity contribution is 7.20. The van der Waals surface area contributed by atoms with Crippen LogP contribution >= 0.6 is 11.3 Å². The number of nitrogens with one attached hydrogen (secondary N) is 2. The van der Waals surface area contributed by atoms with Crippen molar-refractivity contribution in [2.45, 2.75) is 20.4 Å². The van der Waals surface area contributed by atoms with Crippen molar-refractivity contribution in [3.8, 4) is 0 Å². The lowest BCUT2D eigenvalue weighted by molar-refractivity contribution is -0.124. The number of carbonyl (C=O) groups excluding carboxylic acids is 2. The lowest BCUT2D eigenvalue weighted by Gasteiger charge is -2.06. The van der Waals surface area contributed by atoms with Crippen LogP contribution in [-0.4, -0.2) is 28.5 Å². The summed E-state index contributed by atoms with van der Waals surface area (Å²) in [7, 11) is 0. The molecule has 0 atom stereocenters. The first-order chi connectivity index (χ1) is 12.5. The first-order valence-electron chi connectivity index (χ1n) is 7.93. The van der Waals surface area contributed by atoms with Gasteiger partial charge in [-0.3, -0.25) is 9.59 Å². The monoisotopic (exact) mass is 371 g/mol. The van der Waals surface area contributed by atoms with E-state index in [0.29, 0.717) is 28.1 Å². The number of thiophene rings is 1. The van der Waals surface area contributed by atoms with Crippen LogP contribution in [0.3, 0.4) is 0 Å². The molecule has 3 aromatic rings. The number of aryl methyl sites for hydroxylation is 2. The normalized spacial score (nSPS) is 10.7. The number of aromatic nitrogens is 2. The van der Waals surface area contributed by atoms with Gasteiger partial charge in [-0.1, -0.05) is 30.3 Å². The van der Waals surface area contributed by atoms with E-state index in [9.17, 15) is 14.4 Å². The van der Waals surface area contributed by atoms with Crippen molar-refractivity contribution >= 4 is 33.4 Å². The smallest absolute Gasteiger partial charge is 0.349 e. The Morgan fingerprint density at radius 1 is 1.23 bits per heavy atom. The molecule has 8 heteroatoms. The Morgan fingerprint density at radius 3 is 2.69 bits per heavy atom. The predicted octanol–water partition coefficient (Wildman–Crippen LogP) is 2.07. The van der Waals surface area contributed by atoms with Gasteiger partial charge in [-0.15, -0.1) is 11.3 Å². The maximum Gasteiger partial charge on any atom is 0.349 e. The van der Waals surface area contributed by atoms with Gasteiger partial charge in [0.1, 0.15) is 15.5 Å². The molecule has 0 unspecified atom stereocenters. The Morgan fingerprint density at radius 2 is 1.96 bits per heavy atom. The van der Waals surface area contributed by atoms with Crippen LogP contribution in [0, 0.1) is 13.8 Å². The number of nitrogens with zero attached hydrogens (tertiary/aromatic N) is 1. The third-order valence-electron chi connectivity index (χ3n) is 3.77. The number of ether oxygens (including phenoxy) is 1. The highest BCUT2D eigenvalue weighted by Crippen LogP contribution is 2.27. The Bertz CT molecular complexity index is 1020. The molecule has 0 bridgehead atoms. The lowest BCUT2D eigenvalue weighted by Crippen LogP contribution is -2.28. The average molecular weight is 371 g/mol. The largest absolute Gasteiger partial charge is 0.451 e. The summed E-state index contributed by atoms with van der Waals surface area (Å²) in [5, 5.41) is 3.06. The van der Waals surface area contributed by atoms with E-state index in [4.69, 9.17) is 4.74 Å². The highest BCUT2D eigenvalue weighted by Gasteiger charge is 2.20. The minimum absolute atomic E-state index is 0.277. The molecule has 2 heterocycles. The standard InChI is InChI=1S/C18H17N3O4S/c1-10-14-16(23)20-11(2)21-17(14)26-15(10)18(24)25-9-13(22)19-8-12-6-4-3-5-7-12/h3-7H,8-9H2,1-2H3,(H,19,22)(H,20,21,23). The average Bonchev–Trinajstić information content (AvgIpc) is 2.95. The van der Waals surface area contributed by atoms with Gasteiger partial charge in [-0.2, -0.15) is 0 Å². The molecule has 26 heavy (non-hydrogen) atoms. The molecule has 2 N–H and O–H groups in total. The summed E-state index contributed by atoms with van der Waals surface area (Å²) >= 11 is 1.08. The second-order valence-electron chi connectivity index (χ2n) is 5.73. The van der Waals surface area contributed by atoms with Crippen molar-refractivity contribution in [3.63, 3.8) is 0 Å². The predicted molar refractivity (Wildman–Crippen MR) is 98.3 cm³/mol. The molecule has 0 saturated carbocycles. The molecule has 134 valence electrons. The van der Waals surface area contributed by atoms with Crippen LogP contribution in [0.2, 0.25) is 0 Å². The molecule has 0 saturated heterocycles. The maximum atomic E-state index is 12.3. The molecule has 7 nitrogen and oxygen atoms in total. The van der Waals surface area contributed by atoms with Gasteiger partial charge < -0.3 is 15.0 Å². The summed E-state index contributed by atoms with van der Waals surface area (Å²) in [4.78, 5) is 43.8. The molecular formula is C18H17N3O4S. The number of hydrogen-bond donors (Lipinski definition) is 2. The Hall–Kier alpha value is -3.00. The van der Waals surface area contributed by atoms with E-state index in [1.54, 1.807) is 13.8 Å². The van der Waals surface area contributed by atoms with E-state index in [2.05, 4.69) is 15.3 Å². The van der Waals surface area contributed by atoms with Crippen LogP contribution in [0.1, 0.15) is 26.6 Å². The van der Waals surface area contributed by atoms with E-state index in [1.807, 2.05) is 30.3 Å². The Labute approximate surface area is 153 Å². The van der Waals surface area contributed by atoms with Crippen LogP contribution in [0.15, 0.2) is 35.1 Å². The number of amides is 1. The summed E-state index contributed by atoms with van der Waals surface area (Å²) in [6.07, 6.45) is 0. The lowest BCUT2D eigenvalue weighted by atomic mass is 10.2. The Kier molecular flexibility index (Phi) is 5.13. The summed E-state index contributed by atoms with van der Waals surface area (Å²) in [5.74, 6) is -0.561. The van der Waals surface area contributed by atoms with Crippen molar-refractivity contribution in [3.05, 3.63) is 62.5 Å². The van der Waals surface area contributed by atoms with Crippen LogP contribution in [0.25, 0.3) is 10.2 Å². The molecule has 1 aromatic carbocycles. The SMILES string of the molecule is Cc1nc2sc(C(=O)OCC(=O)NCc3ccccc3)c(C)c2c(=O)[nH]1. The number of H-pyrrole nitrogens is 1. The molecule has 3 rings (SSSR count). The second-order valence-corrected chi connectivity index (χ2v) is 6.73. The molecule has 0 spiro atoms. The van der Waals surface area contributed by atoms with E-state index in [1.165, 1.54) is 0 Å². The van der Waals surface area contributed by atoms with Gasteiger partial charge in [-0.25, -0.2) is 9.78 Å². The summed E-state index contributed by atoms with van der Waals surface area (Å²) < 4.78 is 5.08. The first kappa shape index (κ1) is 17.8. The van der Waals surface area contributed by atoms with Crippen molar-refractivity contribution in [1.29, 1.82) is 0 Å². The minimum atomic E-state index is -0.641. The van der Waals surface area contributed by atoms with Crippen LogP contribution in [0.4, 0.5) is 0 Å². The van der Waals surface area contributed by atoms with Crippen molar-refractivity contribution in [1.82, 2.24) is 15.3 Å². The zero-order valence-corrected chi connectivity index (χ0v) is 15.1. The summed E-state index contributed by atoms with van der Waals surface area (Å²) in [6, 6.07) is 9.42. The molecule has 0 aliphatic carbocycles. The first-order valence-corrected chi connectivity index (χ1v) is 8.75. The maximum absolute atomic E-state index is 12.3. The van der Waals surface area contributed by atoms with E-state index >= 15 is 0 Å². The Balaban J connectivity index is 1.64. The molecule has 0 radical (unpaired) electrons. The molecule has 1 amide bonds. The zero-order chi connectivity index (χ0) is 18.7. The van der Waals surface area contributed by atoms with Gasteiger partial charge in [0, 0.05) is 6.54 Å². The van der Waals surface area contributed by atoms with Gasteiger partial charge >= 0.3 is 5.97 Å². The number of carbonyl (C=O) groups is 2.